The molecule has 0 aliphatic carbocycles. The van der Waals surface area contributed by atoms with Crippen molar-refractivity contribution in [3.63, 3.8) is 0 Å². The van der Waals surface area contributed by atoms with Crippen molar-refractivity contribution in [3.8, 4) is 0 Å². The van der Waals surface area contributed by atoms with Crippen molar-refractivity contribution < 1.29 is 4.48 Å². The Balaban J connectivity index is 1.75. The molecule has 1 heterocycles. The summed E-state index contributed by atoms with van der Waals surface area (Å²) in [6.07, 6.45) is 25.1. The van der Waals surface area contributed by atoms with Crippen LogP contribution in [0.1, 0.15) is 123 Å². The molecule has 0 saturated carbocycles. The molecule has 1 fully saturated rings. The van der Waals surface area contributed by atoms with Gasteiger partial charge >= 0.3 is 0 Å². The van der Waals surface area contributed by atoms with E-state index in [1.165, 1.54) is 140 Å². The van der Waals surface area contributed by atoms with Crippen LogP contribution in [0.2, 0.25) is 0 Å². The van der Waals surface area contributed by atoms with Crippen molar-refractivity contribution in [1.82, 2.24) is 0 Å². The predicted molar refractivity (Wildman–Crippen MR) is 110 cm³/mol. The monoisotopic (exact) mass is 338 g/mol. The zero-order chi connectivity index (χ0) is 17.3. The van der Waals surface area contributed by atoms with E-state index in [0.717, 1.165) is 0 Å². The highest BCUT2D eigenvalue weighted by atomic mass is 15.4. The highest BCUT2D eigenvalue weighted by Crippen LogP contribution is 2.21. The molecule has 1 heteroatoms. The lowest BCUT2D eigenvalue weighted by atomic mass is 10.0. The summed E-state index contributed by atoms with van der Waals surface area (Å²) in [7, 11) is 0. The second-order valence-electron chi connectivity index (χ2n) is 8.49. The maximum Gasteiger partial charge on any atom is 0.0788 e. The number of hydrogen-bond acceptors (Lipinski definition) is 0. The van der Waals surface area contributed by atoms with Crippen LogP contribution in [-0.4, -0.2) is 30.7 Å². The van der Waals surface area contributed by atoms with Gasteiger partial charge in [-0.05, 0) is 19.8 Å². The summed E-state index contributed by atoms with van der Waals surface area (Å²) in [5.74, 6) is 0. The van der Waals surface area contributed by atoms with Gasteiger partial charge in [-0.15, -0.1) is 0 Å². The second kappa shape index (κ2) is 15.2. The van der Waals surface area contributed by atoms with Gasteiger partial charge in [0.15, 0.2) is 0 Å². The molecule has 0 spiro atoms. The van der Waals surface area contributed by atoms with E-state index in [2.05, 4.69) is 13.8 Å². The molecule has 24 heavy (non-hydrogen) atoms. The fourth-order valence-corrected chi connectivity index (χ4v) is 4.52. The van der Waals surface area contributed by atoms with Crippen LogP contribution in [0.3, 0.4) is 0 Å². The molecule has 1 aliphatic heterocycles. The lowest BCUT2D eigenvalue weighted by molar-refractivity contribution is -0.915. The number of rotatable bonds is 17. The van der Waals surface area contributed by atoms with E-state index in [9.17, 15) is 0 Å². The number of unbranched alkanes of at least 4 members (excludes halogenated alkanes) is 14. The molecular formula is C23H48N+. The van der Waals surface area contributed by atoms with Crippen LogP contribution in [-0.2, 0) is 0 Å². The third-order valence-electron chi connectivity index (χ3n) is 6.42. The summed E-state index contributed by atoms with van der Waals surface area (Å²) in [5.41, 5.74) is 0. The minimum atomic E-state index is 1.37. The number of quaternary nitrogens is 1. The van der Waals surface area contributed by atoms with Crippen molar-refractivity contribution in [1.29, 1.82) is 0 Å². The van der Waals surface area contributed by atoms with E-state index in [4.69, 9.17) is 0 Å². The Morgan fingerprint density at radius 2 is 0.875 bits per heavy atom. The first-order valence-electron chi connectivity index (χ1n) is 11.7. The van der Waals surface area contributed by atoms with Crippen molar-refractivity contribution >= 4 is 0 Å². The van der Waals surface area contributed by atoms with Gasteiger partial charge in [-0.2, -0.15) is 0 Å². The van der Waals surface area contributed by atoms with E-state index >= 15 is 0 Å². The zero-order valence-electron chi connectivity index (χ0n) is 17.3. The Hall–Kier alpha value is -0.0400. The molecule has 1 nitrogen and oxygen atoms in total. The minimum Gasteiger partial charge on any atom is -0.324 e. The Bertz CT molecular complexity index is 255. The molecule has 1 rings (SSSR count). The zero-order valence-corrected chi connectivity index (χ0v) is 17.3. The first kappa shape index (κ1) is 22.0. The van der Waals surface area contributed by atoms with Crippen LogP contribution in [0.25, 0.3) is 0 Å². The van der Waals surface area contributed by atoms with E-state index in [0.29, 0.717) is 0 Å². The Morgan fingerprint density at radius 1 is 0.500 bits per heavy atom. The summed E-state index contributed by atoms with van der Waals surface area (Å²) < 4.78 is 1.44. The van der Waals surface area contributed by atoms with Gasteiger partial charge in [-0.3, -0.25) is 0 Å². The van der Waals surface area contributed by atoms with Crippen LogP contribution < -0.4 is 0 Å². The lowest BCUT2D eigenvalue weighted by Gasteiger charge is -2.33. The molecule has 0 aromatic carbocycles. The van der Waals surface area contributed by atoms with Gasteiger partial charge in [0.2, 0.25) is 0 Å². The highest BCUT2D eigenvalue weighted by Gasteiger charge is 2.28. The maximum atomic E-state index is 2.40. The third-order valence-corrected chi connectivity index (χ3v) is 6.42. The smallest absolute Gasteiger partial charge is 0.0788 e. The molecule has 0 N–H and O–H groups in total. The first-order valence-corrected chi connectivity index (χ1v) is 11.7. The van der Waals surface area contributed by atoms with Crippen molar-refractivity contribution in [3.05, 3.63) is 0 Å². The molecule has 144 valence electrons. The molecule has 0 atom stereocenters. The predicted octanol–water partition coefficient (Wildman–Crippen LogP) is 7.49. The molecule has 0 aromatic rings. The summed E-state index contributed by atoms with van der Waals surface area (Å²) in [6.45, 7) is 10.5. The van der Waals surface area contributed by atoms with Gasteiger partial charge in [0.05, 0.1) is 26.2 Å². The van der Waals surface area contributed by atoms with Gasteiger partial charge < -0.3 is 4.48 Å². The quantitative estimate of drug-likeness (QED) is 0.190. The second-order valence-corrected chi connectivity index (χ2v) is 8.49. The Kier molecular flexibility index (Phi) is 14.0. The molecule has 0 radical (unpaired) electrons. The number of likely N-dealkylation sites (tertiary alicyclic amines) is 1. The Morgan fingerprint density at radius 3 is 1.25 bits per heavy atom. The van der Waals surface area contributed by atoms with Crippen LogP contribution in [0, 0.1) is 0 Å². The van der Waals surface area contributed by atoms with E-state index in [-0.39, 0.29) is 0 Å². The SMILES string of the molecule is CCCCCCCCCCCCCCCCC[N+]1(CC)CCCC1. The fraction of sp³-hybridized carbons (Fsp3) is 1.00. The number of hydrogen-bond donors (Lipinski definition) is 0. The van der Waals surface area contributed by atoms with Gasteiger partial charge in [0.25, 0.3) is 0 Å². The van der Waals surface area contributed by atoms with Gasteiger partial charge in [0, 0.05) is 12.8 Å². The minimum absolute atomic E-state index is 1.37. The number of nitrogens with zero attached hydrogens (tertiary/aromatic N) is 1. The van der Waals surface area contributed by atoms with Crippen LogP contribution in [0.15, 0.2) is 0 Å². The van der Waals surface area contributed by atoms with E-state index < -0.39 is 0 Å². The molecule has 1 saturated heterocycles. The average Bonchev–Trinajstić information content (AvgIpc) is 3.08. The summed E-state index contributed by atoms with van der Waals surface area (Å²) >= 11 is 0. The van der Waals surface area contributed by atoms with E-state index in [1.807, 2.05) is 0 Å². The molecule has 1 aliphatic rings. The molecular weight excluding hydrogens is 290 g/mol. The van der Waals surface area contributed by atoms with Crippen molar-refractivity contribution in [2.24, 2.45) is 0 Å². The van der Waals surface area contributed by atoms with Gasteiger partial charge in [-0.1, -0.05) is 90.4 Å². The lowest BCUT2D eigenvalue weighted by Crippen LogP contribution is -2.45. The third kappa shape index (κ3) is 10.7. The van der Waals surface area contributed by atoms with E-state index in [1.54, 1.807) is 0 Å². The molecule has 0 amide bonds. The van der Waals surface area contributed by atoms with Gasteiger partial charge in [-0.25, -0.2) is 0 Å². The average molecular weight is 339 g/mol. The highest BCUT2D eigenvalue weighted by molar-refractivity contribution is 4.55. The summed E-state index contributed by atoms with van der Waals surface area (Å²) in [5, 5.41) is 0. The summed E-state index contributed by atoms with van der Waals surface area (Å²) in [4.78, 5) is 0. The van der Waals surface area contributed by atoms with Crippen LogP contribution in [0.4, 0.5) is 0 Å². The first-order chi connectivity index (χ1) is 11.8. The molecule has 0 aromatic heterocycles. The topological polar surface area (TPSA) is 0 Å². The molecule has 0 bridgehead atoms. The normalized spacial score (nSPS) is 16.8. The standard InChI is InChI=1S/C23H48N/c1-3-5-6-7-8-9-10-11-12-13-14-15-16-17-18-21-24(4-2)22-19-20-23-24/h3-23H2,1-2H3/q+1. The van der Waals surface area contributed by atoms with Crippen molar-refractivity contribution in [2.45, 2.75) is 123 Å². The maximum absolute atomic E-state index is 2.40. The summed E-state index contributed by atoms with van der Waals surface area (Å²) in [6, 6.07) is 0. The van der Waals surface area contributed by atoms with Crippen LogP contribution in [0.5, 0.6) is 0 Å². The van der Waals surface area contributed by atoms with Crippen molar-refractivity contribution in [2.75, 3.05) is 26.2 Å². The fourth-order valence-electron chi connectivity index (χ4n) is 4.52. The van der Waals surface area contributed by atoms with Crippen LogP contribution >= 0.6 is 0 Å². The van der Waals surface area contributed by atoms with Gasteiger partial charge in [0.1, 0.15) is 0 Å². The Labute approximate surface area is 154 Å². The molecule has 0 unspecified atom stereocenters. The largest absolute Gasteiger partial charge is 0.324 e.